The van der Waals surface area contributed by atoms with Gasteiger partial charge in [-0.3, -0.25) is 0 Å². The van der Waals surface area contributed by atoms with Gasteiger partial charge in [-0.1, -0.05) is 42.0 Å². The van der Waals surface area contributed by atoms with Crippen LogP contribution in [0, 0.1) is 13.8 Å². The highest BCUT2D eigenvalue weighted by atomic mass is 15.1. The van der Waals surface area contributed by atoms with Crippen LogP contribution in [0.4, 0.5) is 5.69 Å². The molecular weight excluding hydrogens is 232 g/mol. The molecule has 0 atom stereocenters. The second kappa shape index (κ2) is 6.39. The molecule has 0 radical (unpaired) electrons. The lowest BCUT2D eigenvalue weighted by atomic mass is 10.1. The van der Waals surface area contributed by atoms with Gasteiger partial charge in [0, 0.05) is 25.3 Å². The molecule has 2 aromatic rings. The summed E-state index contributed by atoms with van der Waals surface area (Å²) in [6.07, 6.45) is 0. The molecular formula is C17H22N2. The summed E-state index contributed by atoms with van der Waals surface area (Å²) in [4.78, 5) is 2.34. The van der Waals surface area contributed by atoms with Crippen molar-refractivity contribution >= 4 is 5.69 Å². The lowest BCUT2D eigenvalue weighted by Crippen LogP contribution is -2.28. The van der Waals surface area contributed by atoms with E-state index >= 15 is 0 Å². The van der Waals surface area contributed by atoms with Crippen molar-refractivity contribution in [2.24, 2.45) is 5.73 Å². The second-order valence-corrected chi connectivity index (χ2v) is 5.04. The zero-order valence-corrected chi connectivity index (χ0v) is 11.8. The van der Waals surface area contributed by atoms with E-state index in [0.717, 1.165) is 13.1 Å². The van der Waals surface area contributed by atoms with Gasteiger partial charge in [0.15, 0.2) is 0 Å². The quantitative estimate of drug-likeness (QED) is 0.887. The lowest BCUT2D eigenvalue weighted by molar-refractivity contribution is 0.789. The van der Waals surface area contributed by atoms with Crippen molar-refractivity contribution in [3.63, 3.8) is 0 Å². The Morgan fingerprint density at radius 2 is 1.63 bits per heavy atom. The minimum Gasteiger partial charge on any atom is -0.366 e. The summed E-state index contributed by atoms with van der Waals surface area (Å²) in [7, 11) is 0. The molecule has 0 bridgehead atoms. The zero-order chi connectivity index (χ0) is 13.7. The largest absolute Gasteiger partial charge is 0.366 e. The molecule has 0 aliphatic carbocycles. The summed E-state index contributed by atoms with van der Waals surface area (Å²) >= 11 is 0. The number of aryl methyl sites for hydroxylation is 2. The molecule has 2 aromatic carbocycles. The van der Waals surface area contributed by atoms with Crippen LogP contribution in [0.2, 0.25) is 0 Å². The number of hydrogen-bond donors (Lipinski definition) is 1. The third kappa shape index (κ3) is 3.83. The van der Waals surface area contributed by atoms with Gasteiger partial charge < -0.3 is 10.6 Å². The minimum atomic E-state index is 0.666. The molecule has 0 amide bonds. The van der Waals surface area contributed by atoms with Crippen LogP contribution in [0.25, 0.3) is 0 Å². The summed E-state index contributed by atoms with van der Waals surface area (Å²) in [6, 6.07) is 17.2. The van der Waals surface area contributed by atoms with E-state index in [1.54, 1.807) is 0 Å². The molecule has 0 fully saturated rings. The highest BCUT2D eigenvalue weighted by molar-refractivity contribution is 5.49. The fourth-order valence-corrected chi connectivity index (χ4v) is 2.31. The molecule has 0 aliphatic heterocycles. The van der Waals surface area contributed by atoms with Crippen LogP contribution in [0.5, 0.6) is 0 Å². The smallest absolute Gasteiger partial charge is 0.0430 e. The Morgan fingerprint density at radius 1 is 0.947 bits per heavy atom. The summed E-state index contributed by atoms with van der Waals surface area (Å²) < 4.78 is 0. The van der Waals surface area contributed by atoms with Gasteiger partial charge in [-0.05, 0) is 37.1 Å². The number of rotatable bonds is 5. The minimum absolute atomic E-state index is 0.666. The highest BCUT2D eigenvalue weighted by Gasteiger charge is 2.06. The molecule has 0 spiro atoms. The van der Waals surface area contributed by atoms with Gasteiger partial charge in [0.05, 0.1) is 0 Å². The fourth-order valence-electron chi connectivity index (χ4n) is 2.31. The van der Waals surface area contributed by atoms with Gasteiger partial charge in [0.25, 0.3) is 0 Å². The molecule has 0 unspecified atom stereocenters. The summed E-state index contributed by atoms with van der Waals surface area (Å²) in [5.41, 5.74) is 10.9. The second-order valence-electron chi connectivity index (χ2n) is 5.04. The van der Waals surface area contributed by atoms with Crippen LogP contribution in [-0.2, 0) is 6.54 Å². The van der Waals surface area contributed by atoms with E-state index < -0.39 is 0 Å². The molecule has 2 N–H and O–H groups in total. The standard InChI is InChI=1S/C17H22N2/c1-14-5-3-7-16(11-14)13-19(10-9-18)17-8-4-6-15(2)12-17/h3-8,11-12H,9-10,13,18H2,1-2H3. The van der Waals surface area contributed by atoms with Crippen LogP contribution in [0.15, 0.2) is 48.5 Å². The molecule has 0 aromatic heterocycles. The molecule has 2 nitrogen and oxygen atoms in total. The molecule has 19 heavy (non-hydrogen) atoms. The predicted octanol–water partition coefficient (Wildman–Crippen LogP) is 3.27. The Balaban J connectivity index is 2.21. The maximum atomic E-state index is 5.75. The normalized spacial score (nSPS) is 10.5. The monoisotopic (exact) mass is 254 g/mol. The average molecular weight is 254 g/mol. The number of benzene rings is 2. The summed E-state index contributed by atoms with van der Waals surface area (Å²) in [6.45, 7) is 6.69. The van der Waals surface area contributed by atoms with E-state index in [0.29, 0.717) is 6.54 Å². The third-order valence-corrected chi connectivity index (χ3v) is 3.22. The first-order valence-electron chi connectivity index (χ1n) is 6.76. The van der Waals surface area contributed by atoms with Crippen molar-refractivity contribution in [1.82, 2.24) is 0 Å². The topological polar surface area (TPSA) is 29.3 Å². The summed E-state index contributed by atoms with van der Waals surface area (Å²) in [5, 5.41) is 0. The molecule has 0 saturated heterocycles. The van der Waals surface area contributed by atoms with Crippen molar-refractivity contribution in [3.05, 3.63) is 65.2 Å². The van der Waals surface area contributed by atoms with Gasteiger partial charge in [-0.2, -0.15) is 0 Å². The Bertz CT molecular complexity index is 534. The molecule has 0 aliphatic rings. The Hall–Kier alpha value is -1.80. The van der Waals surface area contributed by atoms with Crippen LogP contribution < -0.4 is 10.6 Å². The van der Waals surface area contributed by atoms with E-state index in [9.17, 15) is 0 Å². The lowest BCUT2D eigenvalue weighted by Gasteiger charge is -2.25. The maximum absolute atomic E-state index is 5.75. The van der Waals surface area contributed by atoms with Gasteiger partial charge in [0.2, 0.25) is 0 Å². The predicted molar refractivity (Wildman–Crippen MR) is 82.5 cm³/mol. The van der Waals surface area contributed by atoms with Crippen LogP contribution in [0.1, 0.15) is 16.7 Å². The van der Waals surface area contributed by atoms with E-state index in [2.05, 4.69) is 67.3 Å². The first-order valence-corrected chi connectivity index (χ1v) is 6.76. The van der Waals surface area contributed by atoms with Crippen molar-refractivity contribution in [2.75, 3.05) is 18.0 Å². The van der Waals surface area contributed by atoms with Crippen molar-refractivity contribution in [3.8, 4) is 0 Å². The number of nitrogens with two attached hydrogens (primary N) is 1. The van der Waals surface area contributed by atoms with Gasteiger partial charge in [0.1, 0.15) is 0 Å². The Morgan fingerprint density at radius 3 is 2.26 bits per heavy atom. The first-order chi connectivity index (χ1) is 9.19. The van der Waals surface area contributed by atoms with Crippen LogP contribution in [0.3, 0.4) is 0 Å². The number of anilines is 1. The number of hydrogen-bond acceptors (Lipinski definition) is 2. The molecule has 2 rings (SSSR count). The van der Waals surface area contributed by atoms with Crippen molar-refractivity contribution in [1.29, 1.82) is 0 Å². The molecule has 0 heterocycles. The van der Waals surface area contributed by atoms with E-state index in [1.165, 1.54) is 22.4 Å². The van der Waals surface area contributed by atoms with Gasteiger partial charge in [-0.25, -0.2) is 0 Å². The van der Waals surface area contributed by atoms with Gasteiger partial charge in [-0.15, -0.1) is 0 Å². The molecule has 2 heteroatoms. The van der Waals surface area contributed by atoms with E-state index in [4.69, 9.17) is 5.73 Å². The maximum Gasteiger partial charge on any atom is 0.0430 e. The first kappa shape index (κ1) is 13.6. The fraction of sp³-hybridized carbons (Fsp3) is 0.294. The zero-order valence-electron chi connectivity index (χ0n) is 11.8. The molecule has 0 saturated carbocycles. The third-order valence-electron chi connectivity index (χ3n) is 3.22. The van der Waals surface area contributed by atoms with Gasteiger partial charge >= 0.3 is 0 Å². The van der Waals surface area contributed by atoms with E-state index in [-0.39, 0.29) is 0 Å². The SMILES string of the molecule is Cc1cccc(CN(CCN)c2cccc(C)c2)c1. The van der Waals surface area contributed by atoms with Crippen molar-refractivity contribution < 1.29 is 0 Å². The average Bonchev–Trinajstić information content (AvgIpc) is 2.38. The van der Waals surface area contributed by atoms with Crippen LogP contribution in [-0.4, -0.2) is 13.1 Å². The Labute approximate surface area is 115 Å². The highest BCUT2D eigenvalue weighted by Crippen LogP contribution is 2.18. The van der Waals surface area contributed by atoms with E-state index in [1.807, 2.05) is 0 Å². The van der Waals surface area contributed by atoms with Crippen molar-refractivity contribution in [2.45, 2.75) is 20.4 Å². The van der Waals surface area contributed by atoms with Crippen LogP contribution >= 0.6 is 0 Å². The summed E-state index contributed by atoms with van der Waals surface area (Å²) in [5.74, 6) is 0. The number of nitrogens with zero attached hydrogens (tertiary/aromatic N) is 1. The Kier molecular flexibility index (Phi) is 4.58. The molecule has 100 valence electrons.